The molecular formula is C12H15N5O2S. The van der Waals surface area contributed by atoms with Crippen LogP contribution in [0.3, 0.4) is 0 Å². The van der Waals surface area contributed by atoms with Gasteiger partial charge >= 0.3 is 5.00 Å². The van der Waals surface area contributed by atoms with Crippen molar-refractivity contribution in [3.63, 3.8) is 0 Å². The van der Waals surface area contributed by atoms with Crippen molar-refractivity contribution in [2.24, 2.45) is 0 Å². The second-order valence-corrected chi connectivity index (χ2v) is 6.08. The van der Waals surface area contributed by atoms with E-state index in [9.17, 15) is 10.1 Å². The molecule has 0 bridgehead atoms. The van der Waals surface area contributed by atoms with Crippen LogP contribution in [0.2, 0.25) is 0 Å². The van der Waals surface area contributed by atoms with Gasteiger partial charge in [0.05, 0.1) is 10.3 Å². The highest BCUT2D eigenvalue weighted by Gasteiger charge is 2.26. The lowest BCUT2D eigenvalue weighted by Crippen LogP contribution is -2.54. The summed E-state index contributed by atoms with van der Waals surface area (Å²) in [6, 6.07) is 2.24. The fraction of sp³-hybridized carbons (Fsp3) is 0.500. The first kappa shape index (κ1) is 13.2. The van der Waals surface area contributed by atoms with E-state index in [-0.39, 0.29) is 9.92 Å². The third-order valence-corrected chi connectivity index (χ3v) is 4.51. The predicted octanol–water partition coefficient (Wildman–Crippen LogP) is 1.79. The first-order valence-electron chi connectivity index (χ1n) is 6.45. The van der Waals surface area contributed by atoms with Gasteiger partial charge in [0.1, 0.15) is 17.0 Å². The Morgan fingerprint density at radius 1 is 1.50 bits per heavy atom. The molecule has 3 heterocycles. The van der Waals surface area contributed by atoms with Gasteiger partial charge in [0, 0.05) is 31.2 Å². The molecule has 2 aromatic heterocycles. The van der Waals surface area contributed by atoms with E-state index in [0.29, 0.717) is 16.9 Å². The molecule has 106 valence electrons. The van der Waals surface area contributed by atoms with Crippen molar-refractivity contribution in [2.75, 3.05) is 18.0 Å². The fourth-order valence-electron chi connectivity index (χ4n) is 2.47. The Balaban J connectivity index is 2.08. The molecule has 0 aromatic carbocycles. The molecule has 8 heteroatoms. The van der Waals surface area contributed by atoms with E-state index < -0.39 is 0 Å². The van der Waals surface area contributed by atoms with Crippen molar-refractivity contribution in [1.82, 2.24) is 15.3 Å². The van der Waals surface area contributed by atoms with E-state index in [0.717, 1.165) is 35.6 Å². The van der Waals surface area contributed by atoms with Gasteiger partial charge < -0.3 is 10.2 Å². The van der Waals surface area contributed by atoms with Gasteiger partial charge in [-0.05, 0) is 25.2 Å². The minimum Gasteiger partial charge on any atom is -0.350 e. The SMILES string of the molecule is CC1CN(c2ncnc3sc([N+](=O)[O-])cc23)C(C)CN1. The number of anilines is 1. The highest BCUT2D eigenvalue weighted by molar-refractivity contribution is 7.21. The van der Waals surface area contributed by atoms with Gasteiger partial charge in [0.25, 0.3) is 0 Å². The first-order valence-corrected chi connectivity index (χ1v) is 7.27. The van der Waals surface area contributed by atoms with Gasteiger partial charge in [0.15, 0.2) is 0 Å². The molecule has 2 aromatic rings. The molecule has 1 aliphatic heterocycles. The first-order chi connectivity index (χ1) is 9.56. The van der Waals surface area contributed by atoms with Gasteiger partial charge in [0.2, 0.25) is 0 Å². The number of rotatable bonds is 2. The summed E-state index contributed by atoms with van der Waals surface area (Å²) in [6.45, 7) is 5.94. The largest absolute Gasteiger partial charge is 0.350 e. The molecule has 2 unspecified atom stereocenters. The average Bonchev–Trinajstić information content (AvgIpc) is 2.85. The Morgan fingerprint density at radius 2 is 2.30 bits per heavy atom. The quantitative estimate of drug-likeness (QED) is 0.671. The smallest absolute Gasteiger partial charge is 0.326 e. The minimum absolute atomic E-state index is 0.109. The van der Waals surface area contributed by atoms with Gasteiger partial charge in [-0.15, -0.1) is 0 Å². The molecule has 20 heavy (non-hydrogen) atoms. The van der Waals surface area contributed by atoms with E-state index in [1.54, 1.807) is 6.07 Å². The second-order valence-electron chi connectivity index (χ2n) is 5.07. The Morgan fingerprint density at radius 3 is 3.05 bits per heavy atom. The van der Waals surface area contributed by atoms with Crippen molar-refractivity contribution in [1.29, 1.82) is 0 Å². The van der Waals surface area contributed by atoms with Crippen LogP contribution in [0.4, 0.5) is 10.8 Å². The zero-order valence-electron chi connectivity index (χ0n) is 11.2. The van der Waals surface area contributed by atoms with E-state index in [1.807, 2.05) is 0 Å². The number of piperazine rings is 1. The lowest BCUT2D eigenvalue weighted by Gasteiger charge is -2.38. The van der Waals surface area contributed by atoms with Crippen LogP contribution in [0.25, 0.3) is 10.2 Å². The van der Waals surface area contributed by atoms with Gasteiger partial charge in [-0.1, -0.05) is 0 Å². The van der Waals surface area contributed by atoms with Crippen LogP contribution in [0, 0.1) is 10.1 Å². The van der Waals surface area contributed by atoms with Crippen LogP contribution in [0.1, 0.15) is 13.8 Å². The maximum atomic E-state index is 10.9. The third kappa shape index (κ3) is 2.20. The van der Waals surface area contributed by atoms with Gasteiger partial charge in [-0.25, -0.2) is 9.97 Å². The standard InChI is InChI=1S/C12H15N5O2S/c1-7-5-16(8(2)4-13-7)11-9-3-10(17(18)19)20-12(9)15-6-14-11/h3,6-8,13H,4-5H2,1-2H3. The number of fused-ring (bicyclic) bond motifs is 1. The van der Waals surface area contributed by atoms with Crippen LogP contribution in [0.15, 0.2) is 12.4 Å². The second kappa shape index (κ2) is 4.95. The summed E-state index contributed by atoms with van der Waals surface area (Å²) in [5, 5.41) is 15.2. The molecule has 7 nitrogen and oxygen atoms in total. The third-order valence-electron chi connectivity index (χ3n) is 3.51. The van der Waals surface area contributed by atoms with Crippen LogP contribution >= 0.6 is 11.3 Å². The number of aromatic nitrogens is 2. The molecule has 1 aliphatic rings. The van der Waals surface area contributed by atoms with Crippen molar-refractivity contribution >= 4 is 32.4 Å². The highest BCUT2D eigenvalue weighted by Crippen LogP contribution is 2.35. The summed E-state index contributed by atoms with van der Waals surface area (Å²) in [4.78, 5) is 21.9. The lowest BCUT2D eigenvalue weighted by atomic mass is 10.1. The molecule has 0 radical (unpaired) electrons. The highest BCUT2D eigenvalue weighted by atomic mass is 32.1. The number of thiophene rings is 1. The predicted molar refractivity (Wildman–Crippen MR) is 78.3 cm³/mol. The Hall–Kier alpha value is -1.80. The van der Waals surface area contributed by atoms with Gasteiger partial charge in [-0.3, -0.25) is 10.1 Å². The molecule has 3 rings (SSSR count). The number of hydrogen-bond donors (Lipinski definition) is 1. The zero-order chi connectivity index (χ0) is 14.3. The van der Waals surface area contributed by atoms with Crippen LogP contribution in [-0.2, 0) is 0 Å². The van der Waals surface area contributed by atoms with Crippen LogP contribution in [-0.4, -0.2) is 40.1 Å². The molecule has 0 spiro atoms. The number of nitrogens with zero attached hydrogens (tertiary/aromatic N) is 4. The average molecular weight is 293 g/mol. The van der Waals surface area contributed by atoms with Crippen LogP contribution in [0.5, 0.6) is 0 Å². The molecule has 2 atom stereocenters. The van der Waals surface area contributed by atoms with Crippen molar-refractivity contribution < 1.29 is 4.92 Å². The van der Waals surface area contributed by atoms with Crippen LogP contribution < -0.4 is 10.2 Å². The fourth-order valence-corrected chi connectivity index (χ4v) is 3.28. The number of hydrogen-bond acceptors (Lipinski definition) is 7. The van der Waals surface area contributed by atoms with Gasteiger partial charge in [-0.2, -0.15) is 0 Å². The summed E-state index contributed by atoms with van der Waals surface area (Å²) in [5.41, 5.74) is 0. The van der Waals surface area contributed by atoms with E-state index in [2.05, 4.69) is 34.0 Å². The molecule has 1 fully saturated rings. The normalized spacial score (nSPS) is 23.2. The summed E-state index contributed by atoms with van der Waals surface area (Å²) in [6.07, 6.45) is 1.48. The topological polar surface area (TPSA) is 84.2 Å². The van der Waals surface area contributed by atoms with Crippen molar-refractivity contribution in [2.45, 2.75) is 25.9 Å². The summed E-state index contributed by atoms with van der Waals surface area (Å²) in [7, 11) is 0. The maximum Gasteiger partial charge on any atom is 0.326 e. The molecular weight excluding hydrogens is 278 g/mol. The Kier molecular flexibility index (Phi) is 3.27. The number of nitro groups is 1. The van der Waals surface area contributed by atoms with E-state index in [1.165, 1.54) is 6.33 Å². The number of nitrogens with one attached hydrogen (secondary N) is 1. The minimum atomic E-state index is -0.375. The summed E-state index contributed by atoms with van der Waals surface area (Å²) < 4.78 is 0. The Labute approximate surface area is 119 Å². The van der Waals surface area contributed by atoms with Crippen molar-refractivity contribution in [3.8, 4) is 0 Å². The molecule has 0 amide bonds. The zero-order valence-corrected chi connectivity index (χ0v) is 12.1. The molecule has 1 N–H and O–H groups in total. The van der Waals surface area contributed by atoms with E-state index in [4.69, 9.17) is 0 Å². The molecule has 0 saturated carbocycles. The maximum absolute atomic E-state index is 10.9. The Bertz CT molecular complexity index is 658. The molecule has 0 aliphatic carbocycles. The summed E-state index contributed by atoms with van der Waals surface area (Å²) >= 11 is 1.09. The van der Waals surface area contributed by atoms with Crippen molar-refractivity contribution in [3.05, 3.63) is 22.5 Å². The summed E-state index contributed by atoms with van der Waals surface area (Å²) in [5.74, 6) is 0.792. The monoisotopic (exact) mass is 293 g/mol. The van der Waals surface area contributed by atoms with E-state index >= 15 is 0 Å². The lowest BCUT2D eigenvalue weighted by molar-refractivity contribution is -0.380. The molecule has 1 saturated heterocycles.